The summed E-state index contributed by atoms with van der Waals surface area (Å²) >= 11 is 0. The fourth-order valence-corrected chi connectivity index (χ4v) is 4.05. The lowest BCUT2D eigenvalue weighted by atomic mass is 10.1. The molecule has 0 unspecified atom stereocenters. The van der Waals surface area contributed by atoms with Crippen LogP contribution in [0.2, 0.25) is 0 Å². The fraction of sp³-hybridized carbons (Fsp3) is 0.417. The Morgan fingerprint density at radius 2 is 1.84 bits per heavy atom. The van der Waals surface area contributed by atoms with Crippen molar-refractivity contribution in [1.82, 2.24) is 14.5 Å². The second kappa shape index (κ2) is 9.58. The number of nitrogens with zero attached hydrogens (tertiary/aromatic N) is 3. The van der Waals surface area contributed by atoms with Crippen molar-refractivity contribution >= 4 is 22.6 Å². The molecule has 1 saturated heterocycles. The third-order valence-electron chi connectivity index (χ3n) is 5.65. The molecule has 1 aliphatic heterocycles. The van der Waals surface area contributed by atoms with Gasteiger partial charge in [0.05, 0.1) is 45.0 Å². The van der Waals surface area contributed by atoms with Gasteiger partial charge in [0, 0.05) is 30.4 Å². The normalized spacial score (nSPS) is 14.7. The summed E-state index contributed by atoms with van der Waals surface area (Å²) in [6, 6.07) is 11.2. The van der Waals surface area contributed by atoms with E-state index in [-0.39, 0.29) is 11.9 Å². The van der Waals surface area contributed by atoms with E-state index in [0.29, 0.717) is 22.7 Å². The van der Waals surface area contributed by atoms with Crippen molar-refractivity contribution in [2.75, 3.05) is 45.8 Å². The molecule has 4 rings (SSSR count). The average molecular weight is 439 g/mol. The molecule has 170 valence electrons. The summed E-state index contributed by atoms with van der Waals surface area (Å²) in [5.41, 5.74) is 3.12. The van der Waals surface area contributed by atoms with Gasteiger partial charge in [0.1, 0.15) is 5.82 Å². The van der Waals surface area contributed by atoms with Crippen LogP contribution in [-0.2, 0) is 11.3 Å². The molecule has 1 amide bonds. The van der Waals surface area contributed by atoms with Gasteiger partial charge in [0.25, 0.3) is 5.91 Å². The van der Waals surface area contributed by atoms with E-state index in [4.69, 9.17) is 19.2 Å². The Balaban J connectivity index is 1.58. The van der Waals surface area contributed by atoms with Gasteiger partial charge in [-0.1, -0.05) is 0 Å². The summed E-state index contributed by atoms with van der Waals surface area (Å²) in [6.45, 7) is 8.45. The highest BCUT2D eigenvalue weighted by atomic mass is 16.5. The second-order valence-electron chi connectivity index (χ2n) is 8.11. The van der Waals surface area contributed by atoms with Crippen molar-refractivity contribution < 1.29 is 19.0 Å². The minimum Gasteiger partial charge on any atom is -0.493 e. The molecule has 0 radical (unpaired) electrons. The molecular formula is C24H30N4O4. The Morgan fingerprint density at radius 3 is 2.53 bits per heavy atom. The Hall–Kier alpha value is -3.10. The van der Waals surface area contributed by atoms with Crippen molar-refractivity contribution in [1.29, 1.82) is 0 Å². The molecule has 1 fully saturated rings. The highest BCUT2D eigenvalue weighted by Crippen LogP contribution is 2.29. The molecule has 0 spiro atoms. The number of benzene rings is 2. The smallest absolute Gasteiger partial charge is 0.255 e. The Bertz CT molecular complexity index is 1100. The van der Waals surface area contributed by atoms with E-state index in [1.807, 2.05) is 18.2 Å². The summed E-state index contributed by atoms with van der Waals surface area (Å²) in [5.74, 6) is 1.90. The Kier molecular flexibility index (Phi) is 6.62. The van der Waals surface area contributed by atoms with Gasteiger partial charge in [-0.25, -0.2) is 4.98 Å². The van der Waals surface area contributed by atoms with Crippen LogP contribution >= 0.6 is 0 Å². The summed E-state index contributed by atoms with van der Waals surface area (Å²) in [6.07, 6.45) is 0. The number of carbonyl (C=O) groups excluding carboxylic acids is 1. The van der Waals surface area contributed by atoms with Gasteiger partial charge in [-0.05, 0) is 50.2 Å². The zero-order valence-corrected chi connectivity index (χ0v) is 19.1. The maximum Gasteiger partial charge on any atom is 0.255 e. The van der Waals surface area contributed by atoms with Crippen molar-refractivity contribution in [3.05, 3.63) is 47.8 Å². The first-order chi connectivity index (χ1) is 15.5. The first-order valence-electron chi connectivity index (χ1n) is 10.8. The standard InChI is InChI=1S/C24H30N4O4/c1-16(2)28-20-7-6-18(14-19(20)26-23(28)15-27-9-11-32-12-10-27)25-24(29)17-5-8-21(30-3)22(13-17)31-4/h5-8,13-14,16H,9-12,15H2,1-4H3,(H,25,29). The highest BCUT2D eigenvalue weighted by molar-refractivity contribution is 6.05. The fourth-order valence-electron chi connectivity index (χ4n) is 4.05. The molecule has 1 aromatic heterocycles. The first kappa shape index (κ1) is 22.1. The molecule has 1 aliphatic rings. The molecule has 0 atom stereocenters. The number of morpholine rings is 1. The van der Waals surface area contributed by atoms with Crippen LogP contribution in [-0.4, -0.2) is 60.9 Å². The molecule has 0 saturated carbocycles. The van der Waals surface area contributed by atoms with Gasteiger partial charge >= 0.3 is 0 Å². The van der Waals surface area contributed by atoms with Crippen molar-refractivity contribution in [2.24, 2.45) is 0 Å². The highest BCUT2D eigenvalue weighted by Gasteiger charge is 2.19. The Morgan fingerprint density at radius 1 is 1.09 bits per heavy atom. The number of hydrogen-bond acceptors (Lipinski definition) is 6. The number of aromatic nitrogens is 2. The molecule has 0 aliphatic carbocycles. The molecule has 2 heterocycles. The number of carbonyl (C=O) groups is 1. The lowest BCUT2D eigenvalue weighted by Crippen LogP contribution is -2.36. The third-order valence-corrected chi connectivity index (χ3v) is 5.65. The lowest BCUT2D eigenvalue weighted by Gasteiger charge is -2.27. The van der Waals surface area contributed by atoms with Gasteiger partial charge < -0.3 is 24.1 Å². The number of hydrogen-bond donors (Lipinski definition) is 1. The van der Waals surface area contributed by atoms with Crippen LogP contribution in [0, 0.1) is 0 Å². The summed E-state index contributed by atoms with van der Waals surface area (Å²) < 4.78 is 18.3. The number of anilines is 1. The molecule has 0 bridgehead atoms. The number of amides is 1. The van der Waals surface area contributed by atoms with Gasteiger partial charge in [-0.3, -0.25) is 9.69 Å². The third kappa shape index (κ3) is 4.56. The van der Waals surface area contributed by atoms with Crippen molar-refractivity contribution in [2.45, 2.75) is 26.4 Å². The van der Waals surface area contributed by atoms with Crippen LogP contribution in [0.3, 0.4) is 0 Å². The van der Waals surface area contributed by atoms with Gasteiger partial charge in [0.2, 0.25) is 0 Å². The number of ether oxygens (including phenoxy) is 3. The van der Waals surface area contributed by atoms with Crippen LogP contribution in [0.1, 0.15) is 36.1 Å². The van der Waals surface area contributed by atoms with Gasteiger partial charge in [-0.15, -0.1) is 0 Å². The van der Waals surface area contributed by atoms with Crippen LogP contribution < -0.4 is 14.8 Å². The second-order valence-corrected chi connectivity index (χ2v) is 8.11. The minimum atomic E-state index is -0.220. The number of imidazole rings is 1. The van der Waals surface area contributed by atoms with E-state index in [0.717, 1.165) is 49.7 Å². The molecule has 8 heteroatoms. The predicted octanol–water partition coefficient (Wildman–Crippen LogP) is 3.72. The lowest BCUT2D eigenvalue weighted by molar-refractivity contribution is 0.0325. The number of nitrogens with one attached hydrogen (secondary N) is 1. The SMILES string of the molecule is COc1ccc(C(=O)Nc2ccc3c(c2)nc(CN2CCOCC2)n3C(C)C)cc1OC. The maximum atomic E-state index is 12.8. The van der Waals surface area contributed by atoms with E-state index in [2.05, 4.69) is 28.6 Å². The summed E-state index contributed by atoms with van der Waals surface area (Å²) in [7, 11) is 3.11. The van der Waals surface area contributed by atoms with E-state index >= 15 is 0 Å². The minimum absolute atomic E-state index is 0.220. The molecule has 3 aromatic rings. The topological polar surface area (TPSA) is 77.9 Å². The zero-order chi connectivity index (χ0) is 22.7. The largest absolute Gasteiger partial charge is 0.493 e. The first-order valence-corrected chi connectivity index (χ1v) is 10.8. The van der Waals surface area contributed by atoms with Crippen LogP contribution in [0.4, 0.5) is 5.69 Å². The zero-order valence-electron chi connectivity index (χ0n) is 19.1. The Labute approximate surface area is 188 Å². The van der Waals surface area contributed by atoms with E-state index < -0.39 is 0 Å². The molecule has 2 aromatic carbocycles. The predicted molar refractivity (Wildman–Crippen MR) is 124 cm³/mol. The molecular weight excluding hydrogens is 408 g/mol. The summed E-state index contributed by atoms with van der Waals surface area (Å²) in [5, 5.41) is 2.97. The van der Waals surface area contributed by atoms with Gasteiger partial charge in [-0.2, -0.15) is 0 Å². The molecule has 1 N–H and O–H groups in total. The van der Waals surface area contributed by atoms with Crippen molar-refractivity contribution in [3.63, 3.8) is 0 Å². The van der Waals surface area contributed by atoms with Gasteiger partial charge in [0.15, 0.2) is 11.5 Å². The molecule has 32 heavy (non-hydrogen) atoms. The van der Waals surface area contributed by atoms with Crippen LogP contribution in [0.5, 0.6) is 11.5 Å². The number of fused-ring (bicyclic) bond motifs is 1. The maximum absolute atomic E-state index is 12.8. The monoisotopic (exact) mass is 438 g/mol. The number of methoxy groups -OCH3 is 2. The quantitative estimate of drug-likeness (QED) is 0.606. The summed E-state index contributed by atoms with van der Waals surface area (Å²) in [4.78, 5) is 20.1. The van der Waals surface area contributed by atoms with E-state index in [9.17, 15) is 4.79 Å². The van der Waals surface area contributed by atoms with Crippen LogP contribution in [0.25, 0.3) is 11.0 Å². The molecule has 8 nitrogen and oxygen atoms in total. The van der Waals surface area contributed by atoms with Crippen molar-refractivity contribution in [3.8, 4) is 11.5 Å². The number of rotatable bonds is 7. The average Bonchev–Trinajstić information content (AvgIpc) is 3.16. The van der Waals surface area contributed by atoms with E-state index in [1.54, 1.807) is 32.4 Å². The van der Waals surface area contributed by atoms with E-state index in [1.165, 1.54) is 0 Å². The van der Waals surface area contributed by atoms with Crippen LogP contribution in [0.15, 0.2) is 36.4 Å².